The summed E-state index contributed by atoms with van der Waals surface area (Å²) < 4.78 is 10.7. The fourth-order valence-electron chi connectivity index (χ4n) is 9.59. The number of aliphatic hydroxyl groups is 1. The number of aliphatic hydroxyl groups excluding tert-OH is 1. The molecule has 0 aliphatic carbocycles. The summed E-state index contributed by atoms with van der Waals surface area (Å²) in [5.74, 6) is -0.645. The number of esters is 2. The third kappa shape index (κ3) is 73.2. The van der Waals surface area contributed by atoms with Gasteiger partial charge in [0.2, 0.25) is 0 Å². The molecule has 0 aromatic rings. The van der Waals surface area contributed by atoms with Crippen LogP contribution in [0, 0.1) is 0 Å². The molecule has 0 heterocycles. The second kappa shape index (κ2) is 76.0. The van der Waals surface area contributed by atoms with Crippen LogP contribution in [0.3, 0.4) is 0 Å². The lowest BCUT2D eigenvalue weighted by Gasteiger charge is -2.15. The molecule has 0 aromatic carbocycles. The summed E-state index contributed by atoms with van der Waals surface area (Å²) in [7, 11) is 0. The first-order chi connectivity index (χ1) is 43.6. The molecule has 88 heavy (non-hydrogen) atoms. The van der Waals surface area contributed by atoms with E-state index in [1.54, 1.807) is 0 Å². The number of unbranched alkanes of at least 4 members (excludes halogenated alkanes) is 24. The van der Waals surface area contributed by atoms with Crippen molar-refractivity contribution >= 4 is 11.9 Å². The largest absolute Gasteiger partial charge is 0.462 e. The molecule has 0 amide bonds. The Labute approximate surface area is 543 Å². The molecule has 0 aromatic heterocycles. The smallest absolute Gasteiger partial charge is 0.306 e. The zero-order valence-electron chi connectivity index (χ0n) is 56.7. The zero-order chi connectivity index (χ0) is 63.3. The lowest BCUT2D eigenvalue weighted by atomic mass is 10.0. The molecule has 494 valence electrons. The predicted octanol–water partition coefficient (Wildman–Crippen LogP) is 25.5. The molecule has 0 rings (SSSR count). The average molecular weight is 1210 g/mol. The van der Waals surface area contributed by atoms with Crippen molar-refractivity contribution in [3.05, 3.63) is 194 Å². The highest BCUT2D eigenvalue weighted by Crippen LogP contribution is 2.17. The summed E-state index contributed by atoms with van der Waals surface area (Å²) in [6, 6.07) is 0. The highest BCUT2D eigenvalue weighted by molar-refractivity contribution is 5.70. The molecule has 0 saturated heterocycles. The first-order valence-electron chi connectivity index (χ1n) is 36.0. The summed E-state index contributed by atoms with van der Waals surface area (Å²) in [5, 5.41) is 9.70. The van der Waals surface area contributed by atoms with Gasteiger partial charge in [-0.3, -0.25) is 9.59 Å². The van der Waals surface area contributed by atoms with Gasteiger partial charge < -0.3 is 14.6 Å². The number of allylic oxidation sites excluding steroid dienone is 32. The fourth-order valence-corrected chi connectivity index (χ4v) is 9.59. The molecule has 0 radical (unpaired) electrons. The van der Waals surface area contributed by atoms with E-state index in [0.717, 1.165) is 135 Å². The summed E-state index contributed by atoms with van der Waals surface area (Å²) in [5.41, 5.74) is 0. The van der Waals surface area contributed by atoms with E-state index in [-0.39, 0.29) is 31.6 Å². The second-order valence-corrected chi connectivity index (χ2v) is 23.2. The van der Waals surface area contributed by atoms with E-state index >= 15 is 0 Å². The van der Waals surface area contributed by atoms with Crippen molar-refractivity contribution in [1.29, 1.82) is 0 Å². The number of ether oxygens (including phenoxy) is 2. The molecular formula is C83H132O5. The Balaban J connectivity index is 3.60. The van der Waals surface area contributed by atoms with Crippen LogP contribution in [0.25, 0.3) is 0 Å². The van der Waals surface area contributed by atoms with Gasteiger partial charge in [-0.2, -0.15) is 0 Å². The van der Waals surface area contributed by atoms with Gasteiger partial charge in [-0.1, -0.05) is 337 Å². The van der Waals surface area contributed by atoms with Crippen LogP contribution < -0.4 is 0 Å². The highest BCUT2D eigenvalue weighted by atomic mass is 16.6. The van der Waals surface area contributed by atoms with E-state index in [2.05, 4.69) is 208 Å². The molecule has 0 spiro atoms. The van der Waals surface area contributed by atoms with E-state index in [4.69, 9.17) is 9.47 Å². The van der Waals surface area contributed by atoms with E-state index in [9.17, 15) is 14.7 Å². The minimum absolute atomic E-state index is 0.0926. The third-order valence-corrected chi connectivity index (χ3v) is 14.9. The molecule has 0 fully saturated rings. The summed E-state index contributed by atoms with van der Waals surface area (Å²) in [4.78, 5) is 24.7. The molecule has 0 saturated carbocycles. The number of hydrogen-bond donors (Lipinski definition) is 1. The fraction of sp³-hybridized carbons (Fsp3) is 0.590. The third-order valence-electron chi connectivity index (χ3n) is 14.9. The van der Waals surface area contributed by atoms with Crippen LogP contribution >= 0.6 is 0 Å². The van der Waals surface area contributed by atoms with Crippen molar-refractivity contribution in [2.24, 2.45) is 0 Å². The van der Waals surface area contributed by atoms with Gasteiger partial charge in [0.25, 0.3) is 0 Å². The maximum absolute atomic E-state index is 12.4. The van der Waals surface area contributed by atoms with Gasteiger partial charge >= 0.3 is 11.9 Å². The summed E-state index contributed by atoms with van der Waals surface area (Å²) >= 11 is 0. The van der Waals surface area contributed by atoms with Crippen LogP contribution in [0.2, 0.25) is 0 Å². The molecule has 1 unspecified atom stereocenters. The molecular weight excluding hydrogens is 1080 g/mol. The zero-order valence-corrected chi connectivity index (χ0v) is 56.7. The standard InChI is InChI=1S/C83H132O5/c1-3-5-7-9-11-13-15-17-19-21-23-25-27-29-31-33-35-37-39-40-41-42-44-46-48-50-52-54-56-58-60-62-64-66-68-70-72-74-76-78-83(86)88-81(79-84)80-87-82(85)77-75-73-71-69-67-65-63-61-59-57-55-53-51-49-47-45-43-38-36-34-32-30-28-26-24-22-20-18-16-14-12-10-8-6-4-2/h5-8,11-14,17-20,23-26,29,31,35,37,40-41,44,46,50,52,56,58,62,64,68,70,81,84H,3-4,9-10,15-16,21-22,27-28,30,32-34,36,38-39,42-43,45,47-49,51,53-55,57,59-61,63,65-67,69,71-80H2,1-2H3/b7-5-,8-6-,13-11-,14-12-,19-17-,20-18-,25-23-,26-24-,31-29-,37-35-,41-40-,46-44-,52-50-,58-56-,64-62-,70-68-. The quantitative estimate of drug-likeness (QED) is 0.0373. The summed E-state index contributed by atoms with van der Waals surface area (Å²) in [6.45, 7) is 3.89. The molecule has 0 aliphatic rings. The Bertz CT molecular complexity index is 2000. The Morgan fingerprint density at radius 3 is 0.705 bits per heavy atom. The van der Waals surface area contributed by atoms with Gasteiger partial charge in [-0.05, 0) is 141 Å². The van der Waals surface area contributed by atoms with Gasteiger partial charge in [0, 0.05) is 12.8 Å². The van der Waals surface area contributed by atoms with Crippen molar-refractivity contribution < 1.29 is 24.2 Å². The van der Waals surface area contributed by atoms with E-state index < -0.39 is 6.10 Å². The van der Waals surface area contributed by atoms with Gasteiger partial charge in [0.05, 0.1) is 6.61 Å². The van der Waals surface area contributed by atoms with Crippen LogP contribution in [0.5, 0.6) is 0 Å². The first-order valence-corrected chi connectivity index (χ1v) is 36.0. The van der Waals surface area contributed by atoms with Crippen molar-refractivity contribution in [3.63, 3.8) is 0 Å². The molecule has 1 N–H and O–H groups in total. The van der Waals surface area contributed by atoms with Gasteiger partial charge in [0.15, 0.2) is 6.10 Å². The van der Waals surface area contributed by atoms with E-state index in [1.807, 2.05) is 0 Å². The first kappa shape index (κ1) is 82.7. The maximum atomic E-state index is 12.4. The van der Waals surface area contributed by atoms with Crippen LogP contribution in [-0.2, 0) is 19.1 Å². The van der Waals surface area contributed by atoms with Crippen molar-refractivity contribution in [3.8, 4) is 0 Å². The van der Waals surface area contributed by atoms with Crippen LogP contribution in [0.4, 0.5) is 0 Å². The Kier molecular flexibility index (Phi) is 71.4. The topological polar surface area (TPSA) is 72.8 Å². The molecule has 5 heteroatoms. The van der Waals surface area contributed by atoms with Gasteiger partial charge in [-0.25, -0.2) is 0 Å². The molecule has 5 nitrogen and oxygen atoms in total. The number of carbonyl (C=O) groups excluding carboxylic acids is 2. The van der Waals surface area contributed by atoms with E-state index in [0.29, 0.717) is 12.8 Å². The normalized spacial score (nSPS) is 13.4. The number of carbonyl (C=O) groups is 2. The molecule has 0 aliphatic heterocycles. The summed E-state index contributed by atoms with van der Waals surface area (Å²) in [6.07, 6.45) is 120. The maximum Gasteiger partial charge on any atom is 0.306 e. The van der Waals surface area contributed by atoms with Gasteiger partial charge in [0.1, 0.15) is 6.61 Å². The van der Waals surface area contributed by atoms with E-state index in [1.165, 1.54) is 128 Å². The molecule has 0 bridgehead atoms. The van der Waals surface area contributed by atoms with Crippen molar-refractivity contribution in [2.45, 2.75) is 302 Å². The monoisotopic (exact) mass is 1210 g/mol. The van der Waals surface area contributed by atoms with Gasteiger partial charge in [-0.15, -0.1) is 0 Å². The van der Waals surface area contributed by atoms with Crippen molar-refractivity contribution in [1.82, 2.24) is 0 Å². The number of hydrogen-bond acceptors (Lipinski definition) is 5. The van der Waals surface area contributed by atoms with Crippen LogP contribution in [-0.4, -0.2) is 36.4 Å². The number of rotatable bonds is 64. The van der Waals surface area contributed by atoms with Crippen molar-refractivity contribution in [2.75, 3.05) is 13.2 Å². The lowest BCUT2D eigenvalue weighted by Crippen LogP contribution is -2.28. The Morgan fingerprint density at radius 2 is 0.455 bits per heavy atom. The second-order valence-electron chi connectivity index (χ2n) is 23.2. The minimum atomic E-state index is -0.810. The highest BCUT2D eigenvalue weighted by Gasteiger charge is 2.16. The van der Waals surface area contributed by atoms with Crippen LogP contribution in [0.15, 0.2) is 194 Å². The minimum Gasteiger partial charge on any atom is -0.462 e. The average Bonchev–Trinajstić information content (AvgIpc) is 3.54. The SMILES string of the molecule is CC/C=C\C/C=C\C/C=C\C/C=C\C/C=C\C/C=C\C/C=C\C/C=C\C/C=C\C/C=C\C/C=C\C/C=C\CCCCC(=O)OC(CO)COC(=O)CCCCCCCCCCCCCCCCCCCCCCCC/C=C\C/C=C\C/C=C\C/C=C\CC. The predicted molar refractivity (Wildman–Crippen MR) is 389 cm³/mol. The van der Waals surface area contributed by atoms with Crippen LogP contribution in [0.1, 0.15) is 296 Å². The Morgan fingerprint density at radius 1 is 0.261 bits per heavy atom. The molecule has 1 atom stereocenters. The Hall–Kier alpha value is -5.26. The lowest BCUT2D eigenvalue weighted by molar-refractivity contribution is -0.161.